The van der Waals surface area contributed by atoms with Gasteiger partial charge in [-0.3, -0.25) is 0 Å². The second-order valence-corrected chi connectivity index (χ2v) is 7.24. The van der Waals surface area contributed by atoms with Crippen LogP contribution in [0.4, 0.5) is 4.39 Å². The number of benzene rings is 2. The highest BCUT2D eigenvalue weighted by Gasteiger charge is 2.09. The minimum Gasteiger partial charge on any atom is -0.207 e. The lowest BCUT2D eigenvalue weighted by molar-refractivity contribution is 0.627. The average molecular weight is 369 g/mol. The summed E-state index contributed by atoms with van der Waals surface area (Å²) < 4.78 is 13.4. The number of hydrogen-bond donors (Lipinski definition) is 0. The predicted octanol–water partition coefficient (Wildman–Crippen LogP) is 8.84. The third-order valence-corrected chi connectivity index (χ3v) is 4.89. The standard InChI is InChI=1S/C19H21F.C7H16/c1-4-8-19(18-12-6-5-9-14(18)2)15(3)16-10-7-11-17(20)13-16;1-3-5-7-6-4-2/h5-7,9-13H,4,8H2,1-3H3;3-7H2,1-2H3/b19-15+;. The zero-order valence-electron chi connectivity index (χ0n) is 17.9. The van der Waals surface area contributed by atoms with Crippen molar-refractivity contribution in [1.82, 2.24) is 0 Å². The molecule has 0 unspecified atom stereocenters. The van der Waals surface area contributed by atoms with Gasteiger partial charge in [-0.15, -0.1) is 0 Å². The van der Waals surface area contributed by atoms with E-state index in [-0.39, 0.29) is 5.82 Å². The van der Waals surface area contributed by atoms with E-state index in [1.54, 1.807) is 12.1 Å². The quantitative estimate of drug-likeness (QED) is 0.322. The van der Waals surface area contributed by atoms with Gasteiger partial charge in [-0.2, -0.15) is 0 Å². The second-order valence-electron chi connectivity index (χ2n) is 7.24. The van der Waals surface area contributed by atoms with E-state index in [4.69, 9.17) is 0 Å². The third kappa shape index (κ3) is 8.12. The number of rotatable bonds is 8. The molecule has 0 aliphatic rings. The Labute approximate surface area is 166 Å². The molecule has 0 spiro atoms. The Morgan fingerprint density at radius 3 is 2.04 bits per heavy atom. The maximum atomic E-state index is 13.4. The monoisotopic (exact) mass is 368 g/mol. The van der Waals surface area contributed by atoms with Crippen LogP contribution in [0.2, 0.25) is 0 Å². The Kier molecular flexibility index (Phi) is 11.4. The molecule has 0 heterocycles. The molecule has 0 radical (unpaired) electrons. The zero-order chi connectivity index (χ0) is 20.1. The zero-order valence-corrected chi connectivity index (χ0v) is 17.9. The molecule has 0 aromatic heterocycles. The minimum absolute atomic E-state index is 0.178. The SMILES string of the molecule is CCC/C(=C(/C)c1cccc(F)c1)c1ccccc1C.CCCCCCC. The summed E-state index contributed by atoms with van der Waals surface area (Å²) in [7, 11) is 0. The van der Waals surface area contributed by atoms with E-state index in [0.29, 0.717) is 0 Å². The highest BCUT2D eigenvalue weighted by molar-refractivity contribution is 5.90. The number of allylic oxidation sites excluding steroid dienone is 2. The van der Waals surface area contributed by atoms with E-state index < -0.39 is 0 Å². The molecular weight excluding hydrogens is 331 g/mol. The van der Waals surface area contributed by atoms with Gasteiger partial charge in [0.05, 0.1) is 0 Å². The molecule has 0 aliphatic carbocycles. The summed E-state index contributed by atoms with van der Waals surface area (Å²) in [6, 6.07) is 15.3. The molecule has 0 N–H and O–H groups in total. The summed E-state index contributed by atoms with van der Waals surface area (Å²) in [6.45, 7) is 10.9. The Morgan fingerprint density at radius 1 is 0.815 bits per heavy atom. The molecule has 2 rings (SSSR count). The van der Waals surface area contributed by atoms with Gasteiger partial charge in [0.2, 0.25) is 0 Å². The molecule has 0 amide bonds. The molecular formula is C26H37F. The first kappa shape index (κ1) is 23.1. The first-order chi connectivity index (χ1) is 13.0. The van der Waals surface area contributed by atoms with Gasteiger partial charge < -0.3 is 0 Å². The summed E-state index contributed by atoms with van der Waals surface area (Å²) in [5.74, 6) is -0.178. The fourth-order valence-electron chi connectivity index (χ4n) is 3.26. The molecule has 2 aromatic carbocycles. The third-order valence-electron chi connectivity index (χ3n) is 4.89. The van der Waals surface area contributed by atoms with E-state index in [2.05, 4.69) is 58.9 Å². The Morgan fingerprint density at radius 2 is 1.48 bits per heavy atom. The summed E-state index contributed by atoms with van der Waals surface area (Å²) >= 11 is 0. The van der Waals surface area contributed by atoms with Crippen LogP contribution in [0.25, 0.3) is 11.1 Å². The van der Waals surface area contributed by atoms with Crippen LogP contribution in [0.5, 0.6) is 0 Å². The fourth-order valence-corrected chi connectivity index (χ4v) is 3.26. The normalized spacial score (nSPS) is 11.5. The molecule has 0 bridgehead atoms. The van der Waals surface area contributed by atoms with Crippen LogP contribution in [-0.4, -0.2) is 0 Å². The Bertz CT molecular complexity index is 693. The van der Waals surface area contributed by atoms with Crippen molar-refractivity contribution < 1.29 is 4.39 Å². The first-order valence-corrected chi connectivity index (χ1v) is 10.6. The minimum atomic E-state index is -0.178. The molecule has 0 saturated heterocycles. The van der Waals surface area contributed by atoms with Crippen molar-refractivity contribution in [2.45, 2.75) is 79.6 Å². The van der Waals surface area contributed by atoms with Gasteiger partial charge in [0, 0.05) is 0 Å². The van der Waals surface area contributed by atoms with Gasteiger partial charge >= 0.3 is 0 Å². The van der Waals surface area contributed by atoms with Gasteiger partial charge in [0.1, 0.15) is 5.82 Å². The molecule has 0 aliphatic heterocycles. The summed E-state index contributed by atoms with van der Waals surface area (Å²) in [6.07, 6.45) is 9.10. The Balaban J connectivity index is 0.000000445. The van der Waals surface area contributed by atoms with Gasteiger partial charge in [0.15, 0.2) is 0 Å². The second kappa shape index (κ2) is 13.3. The van der Waals surface area contributed by atoms with Crippen LogP contribution in [0, 0.1) is 12.7 Å². The van der Waals surface area contributed by atoms with E-state index >= 15 is 0 Å². The van der Waals surface area contributed by atoms with Crippen LogP contribution in [0.3, 0.4) is 0 Å². The van der Waals surface area contributed by atoms with Crippen LogP contribution < -0.4 is 0 Å². The summed E-state index contributed by atoms with van der Waals surface area (Å²) in [5, 5.41) is 0. The van der Waals surface area contributed by atoms with Gasteiger partial charge in [0.25, 0.3) is 0 Å². The van der Waals surface area contributed by atoms with Crippen LogP contribution >= 0.6 is 0 Å². The summed E-state index contributed by atoms with van der Waals surface area (Å²) in [4.78, 5) is 0. The first-order valence-electron chi connectivity index (χ1n) is 10.6. The molecule has 2 aromatic rings. The van der Waals surface area contributed by atoms with Crippen molar-refractivity contribution in [3.05, 3.63) is 71.0 Å². The maximum Gasteiger partial charge on any atom is 0.123 e. The van der Waals surface area contributed by atoms with Crippen molar-refractivity contribution in [1.29, 1.82) is 0 Å². The Hall–Kier alpha value is -1.89. The number of hydrogen-bond acceptors (Lipinski definition) is 0. The van der Waals surface area contributed by atoms with Crippen molar-refractivity contribution in [3.63, 3.8) is 0 Å². The van der Waals surface area contributed by atoms with Crippen molar-refractivity contribution in [2.24, 2.45) is 0 Å². The topological polar surface area (TPSA) is 0 Å². The van der Waals surface area contributed by atoms with E-state index in [0.717, 1.165) is 18.4 Å². The lowest BCUT2D eigenvalue weighted by Crippen LogP contribution is -1.93. The molecule has 27 heavy (non-hydrogen) atoms. The van der Waals surface area contributed by atoms with Gasteiger partial charge in [-0.05, 0) is 60.2 Å². The molecule has 1 heteroatoms. The largest absolute Gasteiger partial charge is 0.207 e. The highest BCUT2D eigenvalue weighted by atomic mass is 19.1. The lowest BCUT2D eigenvalue weighted by atomic mass is 9.90. The van der Waals surface area contributed by atoms with E-state index in [1.807, 2.05) is 6.07 Å². The number of aryl methyl sites for hydroxylation is 1. The fraction of sp³-hybridized carbons (Fsp3) is 0.462. The van der Waals surface area contributed by atoms with E-state index in [9.17, 15) is 4.39 Å². The van der Waals surface area contributed by atoms with Gasteiger partial charge in [-0.25, -0.2) is 4.39 Å². The average Bonchev–Trinajstić information content (AvgIpc) is 2.67. The lowest BCUT2D eigenvalue weighted by Gasteiger charge is -2.15. The van der Waals surface area contributed by atoms with Crippen LogP contribution in [0.15, 0.2) is 48.5 Å². The van der Waals surface area contributed by atoms with Crippen molar-refractivity contribution >= 4 is 11.1 Å². The van der Waals surface area contributed by atoms with Crippen molar-refractivity contribution in [2.75, 3.05) is 0 Å². The molecule has 0 fully saturated rings. The molecule has 148 valence electrons. The van der Waals surface area contributed by atoms with Crippen LogP contribution in [0.1, 0.15) is 89.3 Å². The molecule has 0 nitrogen and oxygen atoms in total. The molecule has 0 saturated carbocycles. The maximum absolute atomic E-state index is 13.4. The smallest absolute Gasteiger partial charge is 0.123 e. The number of halogens is 1. The van der Waals surface area contributed by atoms with Gasteiger partial charge in [-0.1, -0.05) is 95.7 Å². The number of unbranched alkanes of at least 4 members (excludes halogenated alkanes) is 4. The van der Waals surface area contributed by atoms with Crippen molar-refractivity contribution in [3.8, 4) is 0 Å². The highest BCUT2D eigenvalue weighted by Crippen LogP contribution is 2.31. The predicted molar refractivity (Wildman–Crippen MR) is 119 cm³/mol. The summed E-state index contributed by atoms with van der Waals surface area (Å²) in [5.41, 5.74) is 6.00. The van der Waals surface area contributed by atoms with E-state index in [1.165, 1.54) is 60.4 Å². The molecule has 0 atom stereocenters. The van der Waals surface area contributed by atoms with Crippen LogP contribution in [-0.2, 0) is 0 Å².